The van der Waals surface area contributed by atoms with Crippen molar-refractivity contribution in [2.45, 2.75) is 0 Å². The second kappa shape index (κ2) is 4.46. The highest BCUT2D eigenvalue weighted by Gasteiger charge is 2.12. The van der Waals surface area contributed by atoms with Crippen molar-refractivity contribution in [3.63, 3.8) is 0 Å². The smallest absolute Gasteiger partial charge is 0.276 e. The largest absolute Gasteiger partial charge is 0.318 e. The summed E-state index contributed by atoms with van der Waals surface area (Å²) in [6, 6.07) is 5.64. The summed E-state index contributed by atoms with van der Waals surface area (Å²) in [7, 11) is 0. The number of carbonyl (C=O) groups excluding carboxylic acids is 1. The van der Waals surface area contributed by atoms with Gasteiger partial charge in [0.25, 0.3) is 5.91 Å². The first-order chi connectivity index (χ1) is 8.83. The summed E-state index contributed by atoms with van der Waals surface area (Å²) in [4.78, 5) is 12.9. The van der Waals surface area contributed by atoms with Crippen LogP contribution < -0.4 is 5.32 Å². The number of H-pyrrole nitrogens is 2. The number of anilines is 1. The van der Waals surface area contributed by atoms with Crippen LogP contribution >= 0.6 is 11.3 Å². The van der Waals surface area contributed by atoms with E-state index >= 15 is 0 Å². The Bertz CT molecular complexity index is 641. The van der Waals surface area contributed by atoms with Crippen molar-refractivity contribution in [2.75, 3.05) is 5.32 Å². The molecule has 3 aromatic rings. The van der Waals surface area contributed by atoms with Gasteiger partial charge in [0, 0.05) is 6.20 Å². The van der Waals surface area contributed by atoms with E-state index in [1.54, 1.807) is 23.6 Å². The summed E-state index contributed by atoms with van der Waals surface area (Å²) in [6.45, 7) is 0. The maximum Gasteiger partial charge on any atom is 0.276 e. The Balaban J connectivity index is 1.79. The highest BCUT2D eigenvalue weighted by Crippen LogP contribution is 2.23. The molecule has 3 heterocycles. The minimum Gasteiger partial charge on any atom is -0.318 e. The molecule has 0 atom stereocenters. The van der Waals surface area contributed by atoms with Crippen LogP contribution in [0.4, 0.5) is 5.69 Å². The predicted molar refractivity (Wildman–Crippen MR) is 68.4 cm³/mol. The van der Waals surface area contributed by atoms with Crippen molar-refractivity contribution >= 4 is 22.9 Å². The van der Waals surface area contributed by atoms with Crippen LogP contribution in [0.25, 0.3) is 10.6 Å². The van der Waals surface area contributed by atoms with Gasteiger partial charge in [0.05, 0.1) is 22.5 Å². The Morgan fingerprint density at radius 2 is 2.39 bits per heavy atom. The molecule has 3 aromatic heterocycles. The number of hydrogen-bond acceptors (Lipinski definition) is 4. The van der Waals surface area contributed by atoms with Gasteiger partial charge in [-0.05, 0) is 17.5 Å². The third-order valence-corrected chi connectivity index (χ3v) is 3.26. The first-order valence-electron chi connectivity index (χ1n) is 5.22. The first-order valence-corrected chi connectivity index (χ1v) is 6.10. The molecule has 0 saturated heterocycles. The van der Waals surface area contributed by atoms with Crippen molar-refractivity contribution in [1.29, 1.82) is 0 Å². The van der Waals surface area contributed by atoms with Gasteiger partial charge in [0.2, 0.25) is 0 Å². The molecule has 0 aliphatic heterocycles. The van der Waals surface area contributed by atoms with Crippen LogP contribution in [0.2, 0.25) is 0 Å². The number of thiophene rings is 1. The molecule has 0 spiro atoms. The fourth-order valence-corrected chi connectivity index (χ4v) is 2.20. The van der Waals surface area contributed by atoms with E-state index < -0.39 is 0 Å². The number of nitrogens with one attached hydrogen (secondary N) is 3. The molecule has 3 N–H and O–H groups in total. The topological polar surface area (TPSA) is 86.5 Å². The van der Waals surface area contributed by atoms with Gasteiger partial charge in [-0.25, -0.2) is 0 Å². The standard InChI is InChI=1S/C11H9N5OS/c17-11(14-7-5-12-13-6-7)9-4-8(15-16-9)10-2-1-3-18-10/h1-6H,(H,12,13)(H,14,17)(H,15,16). The molecule has 0 fully saturated rings. The van der Waals surface area contributed by atoms with Gasteiger partial charge in [-0.2, -0.15) is 10.2 Å². The van der Waals surface area contributed by atoms with Gasteiger partial charge >= 0.3 is 0 Å². The van der Waals surface area contributed by atoms with Crippen LogP contribution in [-0.2, 0) is 0 Å². The monoisotopic (exact) mass is 259 g/mol. The predicted octanol–water partition coefficient (Wildman–Crippen LogP) is 2.11. The van der Waals surface area contributed by atoms with E-state index in [-0.39, 0.29) is 5.91 Å². The van der Waals surface area contributed by atoms with Gasteiger partial charge in [-0.1, -0.05) is 6.07 Å². The molecule has 0 aromatic carbocycles. The number of hydrogen-bond donors (Lipinski definition) is 3. The molecule has 6 nitrogen and oxygen atoms in total. The van der Waals surface area contributed by atoms with Crippen molar-refractivity contribution in [1.82, 2.24) is 20.4 Å². The van der Waals surface area contributed by atoms with Crippen LogP contribution in [0.3, 0.4) is 0 Å². The fourth-order valence-electron chi connectivity index (χ4n) is 1.51. The number of rotatable bonds is 3. The zero-order valence-corrected chi connectivity index (χ0v) is 9.99. The molecule has 7 heteroatoms. The van der Waals surface area contributed by atoms with Crippen LogP contribution in [0.1, 0.15) is 10.5 Å². The molecule has 90 valence electrons. The van der Waals surface area contributed by atoms with Crippen molar-refractivity contribution in [3.05, 3.63) is 41.7 Å². The molecule has 0 aliphatic carbocycles. The summed E-state index contributed by atoms with van der Waals surface area (Å²) in [5.74, 6) is -0.268. The molecule has 0 bridgehead atoms. The number of nitrogens with zero attached hydrogens (tertiary/aromatic N) is 2. The fraction of sp³-hybridized carbons (Fsp3) is 0. The number of amides is 1. The Morgan fingerprint density at radius 3 is 3.11 bits per heavy atom. The molecular formula is C11H9N5OS. The highest BCUT2D eigenvalue weighted by molar-refractivity contribution is 7.13. The highest BCUT2D eigenvalue weighted by atomic mass is 32.1. The van der Waals surface area contributed by atoms with Crippen LogP contribution in [0.5, 0.6) is 0 Å². The average molecular weight is 259 g/mol. The molecular weight excluding hydrogens is 250 g/mol. The second-order valence-corrected chi connectivity index (χ2v) is 4.53. The minimum atomic E-state index is -0.268. The Hall–Kier alpha value is -2.41. The molecule has 0 unspecified atom stereocenters. The Morgan fingerprint density at radius 1 is 1.44 bits per heavy atom. The molecule has 3 rings (SSSR count). The van der Waals surface area contributed by atoms with E-state index in [9.17, 15) is 4.79 Å². The Labute approximate surface area is 106 Å². The summed E-state index contributed by atoms with van der Waals surface area (Å²) < 4.78 is 0. The maximum absolute atomic E-state index is 11.9. The van der Waals surface area contributed by atoms with Gasteiger partial charge in [0.15, 0.2) is 5.69 Å². The average Bonchev–Trinajstić information content (AvgIpc) is 3.11. The summed E-state index contributed by atoms with van der Waals surface area (Å²) >= 11 is 1.59. The van der Waals surface area contributed by atoms with E-state index in [0.29, 0.717) is 11.4 Å². The van der Waals surface area contributed by atoms with Crippen molar-refractivity contribution < 1.29 is 4.79 Å². The second-order valence-electron chi connectivity index (χ2n) is 3.59. The molecule has 0 radical (unpaired) electrons. The lowest BCUT2D eigenvalue weighted by Crippen LogP contribution is -2.11. The van der Waals surface area contributed by atoms with Crippen molar-refractivity contribution in [3.8, 4) is 10.6 Å². The minimum absolute atomic E-state index is 0.268. The van der Waals surface area contributed by atoms with E-state index in [1.807, 2.05) is 17.5 Å². The van der Waals surface area contributed by atoms with Gasteiger partial charge in [-0.3, -0.25) is 15.0 Å². The first kappa shape index (κ1) is 10.7. The summed E-state index contributed by atoms with van der Waals surface area (Å²) in [6.07, 6.45) is 3.13. The zero-order valence-electron chi connectivity index (χ0n) is 9.18. The van der Waals surface area contributed by atoms with E-state index in [1.165, 1.54) is 6.20 Å². The lowest BCUT2D eigenvalue weighted by molar-refractivity contribution is 0.102. The van der Waals surface area contributed by atoms with Crippen LogP contribution in [0, 0.1) is 0 Å². The van der Waals surface area contributed by atoms with Gasteiger partial charge < -0.3 is 5.32 Å². The summed E-state index contributed by atoms with van der Waals surface area (Å²) in [5.41, 5.74) is 1.79. The third-order valence-electron chi connectivity index (χ3n) is 2.35. The molecule has 0 saturated carbocycles. The third kappa shape index (κ3) is 2.03. The number of aromatic amines is 2. The Kier molecular flexibility index (Phi) is 2.66. The summed E-state index contributed by atoms with van der Waals surface area (Å²) in [5, 5.41) is 17.9. The molecule has 18 heavy (non-hydrogen) atoms. The van der Waals surface area contributed by atoms with Crippen LogP contribution in [-0.4, -0.2) is 26.3 Å². The number of aromatic nitrogens is 4. The van der Waals surface area contributed by atoms with Crippen molar-refractivity contribution in [2.24, 2.45) is 0 Å². The quantitative estimate of drug-likeness (QED) is 0.673. The van der Waals surface area contributed by atoms with E-state index in [0.717, 1.165) is 10.6 Å². The lowest BCUT2D eigenvalue weighted by atomic mass is 10.3. The zero-order chi connectivity index (χ0) is 12.4. The maximum atomic E-state index is 11.9. The van der Waals surface area contributed by atoms with E-state index in [2.05, 4.69) is 25.7 Å². The van der Waals surface area contributed by atoms with Crippen LogP contribution in [0.15, 0.2) is 36.0 Å². The van der Waals surface area contributed by atoms with Gasteiger partial charge in [0.1, 0.15) is 0 Å². The SMILES string of the molecule is O=C(Nc1cn[nH]c1)c1cc(-c2cccs2)[nH]n1. The van der Waals surface area contributed by atoms with Gasteiger partial charge in [-0.15, -0.1) is 11.3 Å². The van der Waals surface area contributed by atoms with E-state index in [4.69, 9.17) is 0 Å². The molecule has 1 amide bonds. The normalized spacial score (nSPS) is 10.4. The molecule has 0 aliphatic rings. The lowest BCUT2D eigenvalue weighted by Gasteiger charge is -1.96. The number of carbonyl (C=O) groups is 1.